The van der Waals surface area contributed by atoms with E-state index in [-0.39, 0.29) is 17.3 Å². The highest BCUT2D eigenvalue weighted by Crippen LogP contribution is 2.22. The van der Waals surface area contributed by atoms with E-state index < -0.39 is 11.7 Å². The molecule has 22 heavy (non-hydrogen) atoms. The Morgan fingerprint density at radius 1 is 1.14 bits per heavy atom. The summed E-state index contributed by atoms with van der Waals surface area (Å²) in [6, 6.07) is 11.3. The predicted octanol–water partition coefficient (Wildman–Crippen LogP) is 3.90. The molecule has 0 heterocycles. The molecule has 0 bridgehead atoms. The SMILES string of the molecule is CCOc1ccc(OCC(=O)Nc2cccc(Cl)c2F)cc1. The van der Waals surface area contributed by atoms with E-state index >= 15 is 0 Å². The van der Waals surface area contributed by atoms with Gasteiger partial charge >= 0.3 is 0 Å². The molecule has 0 fully saturated rings. The Bertz CT molecular complexity index is 646. The van der Waals surface area contributed by atoms with Gasteiger partial charge in [0, 0.05) is 0 Å². The van der Waals surface area contributed by atoms with Crippen LogP contribution >= 0.6 is 11.6 Å². The van der Waals surface area contributed by atoms with Gasteiger partial charge in [-0.05, 0) is 43.3 Å². The number of rotatable bonds is 6. The lowest BCUT2D eigenvalue weighted by Crippen LogP contribution is -2.20. The topological polar surface area (TPSA) is 47.6 Å². The van der Waals surface area contributed by atoms with E-state index in [0.29, 0.717) is 12.4 Å². The minimum atomic E-state index is -0.668. The van der Waals surface area contributed by atoms with Crippen molar-refractivity contribution in [2.24, 2.45) is 0 Å². The number of anilines is 1. The van der Waals surface area contributed by atoms with Crippen molar-refractivity contribution in [3.63, 3.8) is 0 Å². The van der Waals surface area contributed by atoms with Gasteiger partial charge in [0.2, 0.25) is 0 Å². The second-order valence-electron chi connectivity index (χ2n) is 4.34. The molecule has 0 atom stereocenters. The molecule has 0 saturated carbocycles. The maximum Gasteiger partial charge on any atom is 0.262 e. The van der Waals surface area contributed by atoms with Crippen LogP contribution in [0.2, 0.25) is 5.02 Å². The van der Waals surface area contributed by atoms with Gasteiger partial charge in [0.05, 0.1) is 17.3 Å². The minimum Gasteiger partial charge on any atom is -0.494 e. The van der Waals surface area contributed by atoms with Crippen molar-refractivity contribution < 1.29 is 18.7 Å². The average molecular weight is 324 g/mol. The number of carbonyl (C=O) groups excluding carboxylic acids is 1. The Balaban J connectivity index is 1.88. The monoisotopic (exact) mass is 323 g/mol. The number of benzene rings is 2. The molecule has 0 aliphatic rings. The first-order valence-electron chi connectivity index (χ1n) is 6.69. The van der Waals surface area contributed by atoms with E-state index in [4.69, 9.17) is 21.1 Å². The summed E-state index contributed by atoms with van der Waals surface area (Å²) in [7, 11) is 0. The third-order valence-electron chi connectivity index (χ3n) is 2.73. The van der Waals surface area contributed by atoms with Crippen LogP contribution in [0.5, 0.6) is 11.5 Å². The van der Waals surface area contributed by atoms with Crippen LogP contribution in [0.25, 0.3) is 0 Å². The molecular formula is C16H15ClFNO3. The summed E-state index contributed by atoms with van der Waals surface area (Å²) >= 11 is 5.64. The van der Waals surface area contributed by atoms with Crippen LogP contribution in [-0.4, -0.2) is 19.1 Å². The molecule has 0 radical (unpaired) electrons. The molecule has 4 nitrogen and oxygen atoms in total. The Morgan fingerprint density at radius 2 is 1.77 bits per heavy atom. The summed E-state index contributed by atoms with van der Waals surface area (Å²) in [6.45, 7) is 2.23. The number of carbonyl (C=O) groups is 1. The highest BCUT2D eigenvalue weighted by Gasteiger charge is 2.10. The minimum absolute atomic E-state index is 0.0211. The van der Waals surface area contributed by atoms with Crippen LogP contribution in [0.1, 0.15) is 6.92 Å². The quantitative estimate of drug-likeness (QED) is 0.877. The number of hydrogen-bond acceptors (Lipinski definition) is 3. The van der Waals surface area contributed by atoms with Crippen molar-refractivity contribution in [1.82, 2.24) is 0 Å². The van der Waals surface area contributed by atoms with Gasteiger partial charge in [0.25, 0.3) is 5.91 Å². The summed E-state index contributed by atoms with van der Waals surface area (Å²) in [5, 5.41) is 2.35. The highest BCUT2D eigenvalue weighted by molar-refractivity contribution is 6.31. The van der Waals surface area contributed by atoms with Crippen molar-refractivity contribution in [3.8, 4) is 11.5 Å². The fraction of sp³-hybridized carbons (Fsp3) is 0.188. The van der Waals surface area contributed by atoms with Crippen molar-refractivity contribution in [1.29, 1.82) is 0 Å². The Hall–Kier alpha value is -2.27. The lowest BCUT2D eigenvalue weighted by atomic mass is 10.3. The fourth-order valence-corrected chi connectivity index (χ4v) is 1.91. The van der Waals surface area contributed by atoms with Crippen LogP contribution in [0.4, 0.5) is 10.1 Å². The third kappa shape index (κ3) is 4.36. The van der Waals surface area contributed by atoms with Gasteiger partial charge in [-0.2, -0.15) is 0 Å². The molecule has 2 rings (SSSR count). The van der Waals surface area contributed by atoms with E-state index in [1.165, 1.54) is 12.1 Å². The first-order chi connectivity index (χ1) is 10.6. The molecule has 2 aromatic rings. The van der Waals surface area contributed by atoms with E-state index in [0.717, 1.165) is 5.75 Å². The van der Waals surface area contributed by atoms with Crippen LogP contribution in [0.15, 0.2) is 42.5 Å². The second-order valence-corrected chi connectivity index (χ2v) is 4.75. The molecule has 0 aliphatic carbocycles. The van der Waals surface area contributed by atoms with Crippen molar-refractivity contribution in [3.05, 3.63) is 53.3 Å². The van der Waals surface area contributed by atoms with Crippen molar-refractivity contribution >= 4 is 23.2 Å². The molecule has 1 N–H and O–H groups in total. The maximum atomic E-state index is 13.6. The van der Waals surface area contributed by atoms with Crippen molar-refractivity contribution in [2.45, 2.75) is 6.92 Å². The summed E-state index contributed by atoms with van der Waals surface area (Å²) in [5.74, 6) is 0.0964. The van der Waals surface area contributed by atoms with E-state index in [9.17, 15) is 9.18 Å². The first-order valence-corrected chi connectivity index (χ1v) is 7.07. The average Bonchev–Trinajstić information content (AvgIpc) is 2.51. The summed E-state index contributed by atoms with van der Waals surface area (Å²) < 4.78 is 24.3. The summed E-state index contributed by atoms with van der Waals surface area (Å²) in [6.07, 6.45) is 0. The van der Waals surface area contributed by atoms with Gasteiger partial charge < -0.3 is 14.8 Å². The van der Waals surface area contributed by atoms with Gasteiger partial charge in [-0.15, -0.1) is 0 Å². The van der Waals surface area contributed by atoms with Gasteiger partial charge in [-0.25, -0.2) is 4.39 Å². The molecular weight excluding hydrogens is 309 g/mol. The molecule has 6 heteroatoms. The number of nitrogens with one attached hydrogen (secondary N) is 1. The van der Waals surface area contributed by atoms with Crippen LogP contribution in [0, 0.1) is 5.82 Å². The zero-order valence-electron chi connectivity index (χ0n) is 11.9. The highest BCUT2D eigenvalue weighted by atomic mass is 35.5. The van der Waals surface area contributed by atoms with Gasteiger partial charge in [-0.1, -0.05) is 17.7 Å². The molecule has 0 aliphatic heterocycles. The fourth-order valence-electron chi connectivity index (χ4n) is 1.73. The van der Waals surface area contributed by atoms with Crippen molar-refractivity contribution in [2.75, 3.05) is 18.5 Å². The molecule has 0 unspecified atom stereocenters. The first kappa shape index (κ1) is 16.1. The third-order valence-corrected chi connectivity index (χ3v) is 3.02. The van der Waals surface area contributed by atoms with Crippen LogP contribution in [-0.2, 0) is 4.79 Å². The Labute approximate surface area is 132 Å². The number of halogens is 2. The predicted molar refractivity (Wildman–Crippen MR) is 83.1 cm³/mol. The van der Waals surface area contributed by atoms with Gasteiger partial charge in [-0.3, -0.25) is 4.79 Å². The normalized spacial score (nSPS) is 10.1. The van der Waals surface area contributed by atoms with Crippen LogP contribution < -0.4 is 14.8 Å². The van der Waals surface area contributed by atoms with Gasteiger partial charge in [0.15, 0.2) is 12.4 Å². The lowest BCUT2D eigenvalue weighted by molar-refractivity contribution is -0.118. The maximum absolute atomic E-state index is 13.6. The second kappa shape index (κ2) is 7.66. The molecule has 0 aromatic heterocycles. The summed E-state index contributed by atoms with van der Waals surface area (Å²) in [4.78, 5) is 11.7. The summed E-state index contributed by atoms with van der Waals surface area (Å²) in [5.41, 5.74) is 0.0211. The number of amides is 1. The van der Waals surface area contributed by atoms with E-state index in [1.54, 1.807) is 30.3 Å². The lowest BCUT2D eigenvalue weighted by Gasteiger charge is -2.09. The Morgan fingerprint density at radius 3 is 2.41 bits per heavy atom. The molecule has 0 spiro atoms. The largest absolute Gasteiger partial charge is 0.494 e. The van der Waals surface area contributed by atoms with Gasteiger partial charge in [0.1, 0.15) is 11.5 Å². The zero-order valence-corrected chi connectivity index (χ0v) is 12.7. The Kier molecular flexibility index (Phi) is 5.61. The van der Waals surface area contributed by atoms with Crippen LogP contribution in [0.3, 0.4) is 0 Å². The molecule has 1 amide bonds. The van der Waals surface area contributed by atoms with E-state index in [1.807, 2.05) is 6.92 Å². The molecule has 0 saturated heterocycles. The molecule has 2 aromatic carbocycles. The number of hydrogen-bond donors (Lipinski definition) is 1. The van der Waals surface area contributed by atoms with E-state index in [2.05, 4.69) is 5.32 Å². The molecule has 116 valence electrons. The number of ether oxygens (including phenoxy) is 2. The zero-order chi connectivity index (χ0) is 15.9. The smallest absolute Gasteiger partial charge is 0.262 e. The standard InChI is InChI=1S/C16H15ClFNO3/c1-2-21-11-6-8-12(9-7-11)22-10-15(20)19-14-5-3-4-13(17)16(14)18/h3-9H,2,10H2,1H3,(H,19,20).